The topological polar surface area (TPSA) is 57.0 Å². The van der Waals surface area contributed by atoms with Gasteiger partial charge in [-0.2, -0.15) is 0 Å². The molecule has 0 unspecified atom stereocenters. The van der Waals surface area contributed by atoms with Crippen LogP contribution in [0.15, 0.2) is 60.9 Å². The van der Waals surface area contributed by atoms with Crippen LogP contribution in [0.25, 0.3) is 27.4 Å². The van der Waals surface area contributed by atoms with Crippen molar-refractivity contribution in [1.29, 1.82) is 0 Å². The summed E-state index contributed by atoms with van der Waals surface area (Å²) in [6, 6.07) is 18.0. The summed E-state index contributed by atoms with van der Waals surface area (Å²) in [5.41, 5.74) is 3.91. The van der Waals surface area contributed by atoms with E-state index >= 15 is 0 Å². The van der Waals surface area contributed by atoms with Crippen LogP contribution in [0, 0.1) is 0 Å². The van der Waals surface area contributed by atoms with Gasteiger partial charge in [-0.3, -0.25) is 9.36 Å². The summed E-state index contributed by atoms with van der Waals surface area (Å²) in [5.74, 6) is -0.181. The van der Waals surface area contributed by atoms with Gasteiger partial charge in [-0.05, 0) is 25.5 Å². The highest BCUT2D eigenvalue weighted by Gasteiger charge is 2.17. The quantitative estimate of drug-likeness (QED) is 0.459. The Bertz CT molecular complexity index is 1070. The molecule has 0 aliphatic carbocycles. The normalized spacial score (nSPS) is 11.0. The molecule has 4 aromatic rings. The molecule has 0 amide bonds. The van der Waals surface area contributed by atoms with Gasteiger partial charge >= 0.3 is 5.97 Å². The predicted octanol–water partition coefficient (Wildman–Crippen LogP) is 4.64. The van der Waals surface area contributed by atoms with E-state index < -0.39 is 0 Å². The minimum atomic E-state index is -0.181. The third-order valence-electron chi connectivity index (χ3n) is 4.25. The summed E-state index contributed by atoms with van der Waals surface area (Å²) in [5, 5.41) is 0.849. The van der Waals surface area contributed by atoms with Crippen LogP contribution in [-0.4, -0.2) is 27.1 Å². The number of nitrogens with zero attached hydrogens (tertiary/aromatic N) is 3. The Hall–Kier alpha value is -2.99. The molecule has 0 N–H and O–H groups in total. The van der Waals surface area contributed by atoms with Gasteiger partial charge in [0.1, 0.15) is 6.33 Å². The Labute approximate surface area is 161 Å². The highest BCUT2D eigenvalue weighted by molar-refractivity contribution is 7.14. The van der Waals surface area contributed by atoms with Gasteiger partial charge in [0.25, 0.3) is 0 Å². The average Bonchev–Trinajstić information content (AvgIpc) is 3.31. The van der Waals surface area contributed by atoms with Crippen molar-refractivity contribution in [2.75, 3.05) is 6.61 Å². The van der Waals surface area contributed by atoms with Crippen molar-refractivity contribution >= 4 is 28.3 Å². The molecule has 0 aliphatic heterocycles. The molecule has 2 aromatic carbocycles. The molecule has 0 saturated carbocycles. The molecule has 0 bridgehead atoms. The number of aromatic nitrogens is 3. The summed E-state index contributed by atoms with van der Waals surface area (Å²) in [6.45, 7) is 2.22. The van der Waals surface area contributed by atoms with E-state index in [2.05, 4.69) is 4.98 Å². The van der Waals surface area contributed by atoms with Crippen molar-refractivity contribution in [3.05, 3.63) is 65.8 Å². The number of imidazole rings is 1. The molecule has 6 heteroatoms. The van der Waals surface area contributed by atoms with Crippen molar-refractivity contribution in [2.24, 2.45) is 0 Å². The van der Waals surface area contributed by atoms with Gasteiger partial charge in [0.2, 0.25) is 0 Å². The van der Waals surface area contributed by atoms with Gasteiger partial charge in [0.05, 0.1) is 29.8 Å². The molecule has 27 heavy (non-hydrogen) atoms. The molecule has 136 valence electrons. The van der Waals surface area contributed by atoms with E-state index in [-0.39, 0.29) is 5.97 Å². The number of rotatable bonds is 6. The largest absolute Gasteiger partial charge is 0.466 e. The summed E-state index contributed by atoms with van der Waals surface area (Å²) in [4.78, 5) is 22.2. The fourth-order valence-corrected chi connectivity index (χ4v) is 4.06. The zero-order chi connectivity index (χ0) is 18.6. The van der Waals surface area contributed by atoms with Crippen molar-refractivity contribution in [1.82, 2.24) is 14.5 Å². The number of benzene rings is 2. The fourth-order valence-electron chi connectivity index (χ4n) is 2.99. The number of esters is 1. The van der Waals surface area contributed by atoms with E-state index in [0.717, 1.165) is 32.3 Å². The van der Waals surface area contributed by atoms with Gasteiger partial charge in [0.15, 0.2) is 5.13 Å². The van der Waals surface area contributed by atoms with Crippen molar-refractivity contribution < 1.29 is 9.53 Å². The zero-order valence-electron chi connectivity index (χ0n) is 15.0. The summed E-state index contributed by atoms with van der Waals surface area (Å²) < 4.78 is 7.08. The molecule has 0 saturated heterocycles. The molecular weight excluding hydrogens is 358 g/mol. The van der Waals surface area contributed by atoms with Crippen LogP contribution in [-0.2, 0) is 16.0 Å². The minimum Gasteiger partial charge on any atom is -0.466 e. The van der Waals surface area contributed by atoms with Gasteiger partial charge < -0.3 is 4.74 Å². The summed E-state index contributed by atoms with van der Waals surface area (Å²) >= 11 is 1.59. The number of para-hydroxylation sites is 2. The smallest absolute Gasteiger partial charge is 0.306 e. The first-order valence-electron chi connectivity index (χ1n) is 8.89. The molecular formula is C21H19N3O2S. The first kappa shape index (κ1) is 17.4. The van der Waals surface area contributed by atoms with Gasteiger partial charge in [0, 0.05) is 10.4 Å². The Balaban J connectivity index is 1.74. The Morgan fingerprint density at radius 1 is 1.11 bits per heavy atom. The highest BCUT2D eigenvalue weighted by atomic mass is 32.1. The van der Waals surface area contributed by atoms with Crippen molar-refractivity contribution in [3.63, 3.8) is 0 Å². The second kappa shape index (κ2) is 7.72. The first-order chi connectivity index (χ1) is 13.3. The second-order valence-electron chi connectivity index (χ2n) is 6.04. The van der Waals surface area contributed by atoms with E-state index in [9.17, 15) is 4.79 Å². The molecule has 0 fully saturated rings. The molecule has 0 aliphatic rings. The first-order valence-corrected chi connectivity index (χ1v) is 9.71. The monoisotopic (exact) mass is 377 g/mol. The van der Waals surface area contributed by atoms with Crippen molar-refractivity contribution in [2.45, 2.75) is 19.8 Å². The SMILES string of the molecule is CCOC(=O)CCc1sc(-n2cnc3ccccc32)nc1-c1ccccc1. The number of ether oxygens (including phenoxy) is 1. The molecule has 4 rings (SSSR count). The van der Waals surface area contributed by atoms with Crippen LogP contribution in [0.3, 0.4) is 0 Å². The average molecular weight is 377 g/mol. The summed E-state index contributed by atoms with van der Waals surface area (Å²) in [7, 11) is 0. The van der Waals surface area contributed by atoms with Crippen LogP contribution in [0.5, 0.6) is 0 Å². The third kappa shape index (κ3) is 3.61. The van der Waals surface area contributed by atoms with Crippen molar-refractivity contribution in [3.8, 4) is 16.4 Å². The van der Waals surface area contributed by atoms with Crippen LogP contribution < -0.4 is 0 Å². The molecule has 2 heterocycles. The maximum atomic E-state index is 11.8. The van der Waals surface area contributed by atoms with E-state index in [1.165, 1.54) is 0 Å². The zero-order valence-corrected chi connectivity index (χ0v) is 15.8. The Morgan fingerprint density at radius 3 is 2.70 bits per heavy atom. The number of aryl methyl sites for hydroxylation is 1. The number of hydrogen-bond donors (Lipinski definition) is 0. The predicted molar refractivity (Wildman–Crippen MR) is 107 cm³/mol. The highest BCUT2D eigenvalue weighted by Crippen LogP contribution is 2.32. The van der Waals surface area contributed by atoms with E-state index in [0.29, 0.717) is 19.4 Å². The molecule has 0 radical (unpaired) electrons. The number of carbonyl (C=O) groups excluding carboxylic acids is 1. The standard InChI is InChI=1S/C21H19N3O2S/c1-2-26-19(25)13-12-18-20(15-8-4-3-5-9-15)23-21(27-18)24-14-22-16-10-6-7-11-17(16)24/h3-11,14H,2,12-13H2,1H3. The number of hydrogen-bond acceptors (Lipinski definition) is 5. The third-order valence-corrected chi connectivity index (χ3v) is 5.37. The number of fused-ring (bicyclic) bond motifs is 1. The lowest BCUT2D eigenvalue weighted by atomic mass is 10.1. The Morgan fingerprint density at radius 2 is 1.89 bits per heavy atom. The maximum absolute atomic E-state index is 11.8. The Kier molecular flexibility index (Phi) is 4.98. The number of thiazole rings is 1. The van der Waals surface area contributed by atoms with Crippen LogP contribution >= 0.6 is 11.3 Å². The van der Waals surface area contributed by atoms with Crippen LogP contribution in [0.2, 0.25) is 0 Å². The minimum absolute atomic E-state index is 0.181. The second-order valence-corrected chi connectivity index (χ2v) is 7.10. The molecule has 0 atom stereocenters. The van der Waals surface area contributed by atoms with Gasteiger partial charge in [-0.1, -0.05) is 42.5 Å². The lowest BCUT2D eigenvalue weighted by Gasteiger charge is -2.03. The van der Waals surface area contributed by atoms with E-state index in [4.69, 9.17) is 9.72 Å². The lowest BCUT2D eigenvalue weighted by molar-refractivity contribution is -0.143. The lowest BCUT2D eigenvalue weighted by Crippen LogP contribution is -2.04. The van der Waals surface area contributed by atoms with E-state index in [1.807, 2.05) is 66.1 Å². The van der Waals surface area contributed by atoms with Crippen LogP contribution in [0.4, 0.5) is 0 Å². The maximum Gasteiger partial charge on any atom is 0.306 e. The van der Waals surface area contributed by atoms with Crippen LogP contribution in [0.1, 0.15) is 18.2 Å². The molecule has 0 spiro atoms. The summed E-state index contributed by atoms with van der Waals surface area (Å²) in [6.07, 6.45) is 2.75. The fraction of sp³-hybridized carbons (Fsp3) is 0.190. The molecule has 2 aromatic heterocycles. The molecule has 5 nitrogen and oxygen atoms in total. The van der Waals surface area contributed by atoms with E-state index in [1.54, 1.807) is 17.7 Å². The number of carbonyl (C=O) groups is 1. The van der Waals surface area contributed by atoms with Gasteiger partial charge in [-0.25, -0.2) is 9.97 Å². The van der Waals surface area contributed by atoms with Gasteiger partial charge in [-0.15, -0.1) is 11.3 Å².